The molecule has 1 aromatic heterocycles. The molecule has 0 aliphatic rings. The first-order chi connectivity index (χ1) is 8.02. The van der Waals surface area contributed by atoms with Crippen LogP contribution in [0.15, 0.2) is 6.07 Å². The van der Waals surface area contributed by atoms with Gasteiger partial charge in [-0.1, -0.05) is 31.4 Å². The van der Waals surface area contributed by atoms with Gasteiger partial charge in [0, 0.05) is 6.07 Å². The van der Waals surface area contributed by atoms with E-state index in [9.17, 15) is 4.79 Å². The Morgan fingerprint density at radius 2 is 2.29 bits per heavy atom. The van der Waals surface area contributed by atoms with Crippen LogP contribution in [0.5, 0.6) is 0 Å². The molecule has 1 heterocycles. The van der Waals surface area contributed by atoms with E-state index in [0.29, 0.717) is 23.2 Å². The van der Waals surface area contributed by atoms with Crippen LogP contribution in [0.3, 0.4) is 0 Å². The standard InChI is InChI=1S/C11H16ClN3O2/c1-3-4-5-8(11(16)17)15-10-6-9(12)13-7(2)14-10/h6,8H,3-5H2,1-2H3,(H,16,17)(H,13,14,15)/t8-/m0/s1. The number of nitrogens with zero attached hydrogens (tertiary/aromatic N) is 2. The Bertz CT molecular complexity index is 378. The van der Waals surface area contributed by atoms with E-state index in [1.165, 1.54) is 6.07 Å². The number of rotatable bonds is 6. The summed E-state index contributed by atoms with van der Waals surface area (Å²) in [5.41, 5.74) is 0. The van der Waals surface area contributed by atoms with Gasteiger partial charge in [0.15, 0.2) is 0 Å². The minimum Gasteiger partial charge on any atom is -0.480 e. The highest BCUT2D eigenvalue weighted by atomic mass is 35.5. The normalized spacial score (nSPS) is 12.2. The number of carbonyl (C=O) groups is 1. The van der Waals surface area contributed by atoms with Gasteiger partial charge in [-0.2, -0.15) is 0 Å². The smallest absolute Gasteiger partial charge is 0.326 e. The second kappa shape index (κ2) is 6.39. The van der Waals surface area contributed by atoms with E-state index in [4.69, 9.17) is 16.7 Å². The highest BCUT2D eigenvalue weighted by Crippen LogP contribution is 2.14. The largest absolute Gasteiger partial charge is 0.480 e. The molecule has 1 aromatic rings. The lowest BCUT2D eigenvalue weighted by Crippen LogP contribution is -2.29. The molecule has 0 spiro atoms. The van der Waals surface area contributed by atoms with Gasteiger partial charge in [-0.15, -0.1) is 0 Å². The van der Waals surface area contributed by atoms with Crippen LogP contribution in [0, 0.1) is 6.92 Å². The number of anilines is 1. The van der Waals surface area contributed by atoms with Gasteiger partial charge in [0.05, 0.1) is 0 Å². The molecule has 0 aliphatic carbocycles. The zero-order chi connectivity index (χ0) is 12.8. The highest BCUT2D eigenvalue weighted by molar-refractivity contribution is 6.29. The number of carboxylic acid groups (broad SMARTS) is 1. The first-order valence-electron chi connectivity index (χ1n) is 5.53. The summed E-state index contributed by atoms with van der Waals surface area (Å²) < 4.78 is 0. The van der Waals surface area contributed by atoms with Gasteiger partial charge in [0.25, 0.3) is 0 Å². The zero-order valence-electron chi connectivity index (χ0n) is 9.90. The quantitative estimate of drug-likeness (QED) is 0.766. The van der Waals surface area contributed by atoms with Crippen molar-refractivity contribution in [2.24, 2.45) is 0 Å². The number of aryl methyl sites for hydroxylation is 1. The monoisotopic (exact) mass is 257 g/mol. The summed E-state index contributed by atoms with van der Waals surface area (Å²) in [7, 11) is 0. The molecule has 0 bridgehead atoms. The van der Waals surface area contributed by atoms with Crippen molar-refractivity contribution < 1.29 is 9.90 Å². The Labute approximate surface area is 105 Å². The number of halogens is 1. The molecule has 0 saturated carbocycles. The molecule has 0 aliphatic heterocycles. The Kier molecular flexibility index (Phi) is 5.15. The fourth-order valence-corrected chi connectivity index (χ4v) is 1.68. The fraction of sp³-hybridized carbons (Fsp3) is 0.545. The summed E-state index contributed by atoms with van der Waals surface area (Å²) in [6.07, 6.45) is 2.36. The Balaban J connectivity index is 2.74. The zero-order valence-corrected chi connectivity index (χ0v) is 10.7. The maximum Gasteiger partial charge on any atom is 0.326 e. The first-order valence-corrected chi connectivity index (χ1v) is 5.91. The topological polar surface area (TPSA) is 75.1 Å². The van der Waals surface area contributed by atoms with Gasteiger partial charge < -0.3 is 10.4 Å². The third kappa shape index (κ3) is 4.56. The number of carboxylic acids is 1. The Hall–Kier alpha value is -1.36. The van der Waals surface area contributed by atoms with Crippen LogP contribution in [-0.4, -0.2) is 27.1 Å². The summed E-state index contributed by atoms with van der Waals surface area (Å²) in [4.78, 5) is 19.1. The van der Waals surface area contributed by atoms with Crippen LogP contribution in [0.4, 0.5) is 5.82 Å². The van der Waals surface area contributed by atoms with Gasteiger partial charge >= 0.3 is 5.97 Å². The summed E-state index contributed by atoms with van der Waals surface area (Å²) >= 11 is 5.78. The molecule has 0 aromatic carbocycles. The van der Waals surface area contributed by atoms with Gasteiger partial charge in [-0.05, 0) is 13.3 Å². The highest BCUT2D eigenvalue weighted by Gasteiger charge is 2.17. The third-order valence-electron chi connectivity index (χ3n) is 2.27. The van der Waals surface area contributed by atoms with Gasteiger partial charge in [0.2, 0.25) is 0 Å². The van der Waals surface area contributed by atoms with Gasteiger partial charge in [-0.25, -0.2) is 14.8 Å². The lowest BCUT2D eigenvalue weighted by molar-refractivity contribution is -0.138. The number of aromatic nitrogens is 2. The second-order valence-electron chi connectivity index (χ2n) is 3.80. The summed E-state index contributed by atoms with van der Waals surface area (Å²) in [5, 5.41) is 12.2. The molecule has 0 radical (unpaired) electrons. The SMILES string of the molecule is CCCC[C@H](Nc1cc(Cl)nc(C)n1)C(=O)O. The number of hydrogen-bond acceptors (Lipinski definition) is 4. The van der Waals surface area contributed by atoms with Crippen molar-refractivity contribution >= 4 is 23.4 Å². The molecule has 0 unspecified atom stereocenters. The average Bonchev–Trinajstić information content (AvgIpc) is 2.22. The average molecular weight is 258 g/mol. The van der Waals surface area contributed by atoms with E-state index >= 15 is 0 Å². The van der Waals surface area contributed by atoms with Crippen molar-refractivity contribution in [3.05, 3.63) is 17.0 Å². The Morgan fingerprint density at radius 1 is 1.59 bits per heavy atom. The predicted octanol–water partition coefficient (Wildman–Crippen LogP) is 2.49. The van der Waals surface area contributed by atoms with E-state index in [0.717, 1.165) is 12.8 Å². The van der Waals surface area contributed by atoms with Crippen molar-refractivity contribution in [2.45, 2.75) is 39.2 Å². The van der Waals surface area contributed by atoms with E-state index < -0.39 is 12.0 Å². The van der Waals surface area contributed by atoms with Crippen molar-refractivity contribution in [3.63, 3.8) is 0 Å². The van der Waals surface area contributed by atoms with Crippen molar-refractivity contribution in [1.29, 1.82) is 0 Å². The molecule has 1 atom stereocenters. The molecule has 17 heavy (non-hydrogen) atoms. The van der Waals surface area contributed by atoms with E-state index in [1.54, 1.807) is 6.92 Å². The van der Waals surface area contributed by atoms with Crippen LogP contribution in [0.1, 0.15) is 32.0 Å². The van der Waals surface area contributed by atoms with Crippen LogP contribution >= 0.6 is 11.6 Å². The van der Waals surface area contributed by atoms with Gasteiger partial charge in [0.1, 0.15) is 22.8 Å². The first kappa shape index (κ1) is 13.7. The van der Waals surface area contributed by atoms with Crippen LogP contribution in [-0.2, 0) is 4.79 Å². The van der Waals surface area contributed by atoms with Gasteiger partial charge in [-0.3, -0.25) is 0 Å². The molecule has 0 fully saturated rings. The maximum atomic E-state index is 11.0. The molecule has 0 saturated heterocycles. The maximum absolute atomic E-state index is 11.0. The number of unbranched alkanes of at least 4 members (excludes halogenated alkanes) is 1. The molecular weight excluding hydrogens is 242 g/mol. The molecule has 1 rings (SSSR count). The van der Waals surface area contributed by atoms with Crippen LogP contribution in [0.25, 0.3) is 0 Å². The molecule has 0 amide bonds. The van der Waals surface area contributed by atoms with Crippen molar-refractivity contribution in [2.75, 3.05) is 5.32 Å². The molecule has 5 nitrogen and oxygen atoms in total. The molecule has 6 heteroatoms. The lowest BCUT2D eigenvalue weighted by Gasteiger charge is -2.14. The fourth-order valence-electron chi connectivity index (χ4n) is 1.45. The van der Waals surface area contributed by atoms with Crippen LogP contribution < -0.4 is 5.32 Å². The minimum absolute atomic E-state index is 0.305. The van der Waals surface area contributed by atoms with E-state index in [2.05, 4.69) is 15.3 Å². The minimum atomic E-state index is -0.883. The van der Waals surface area contributed by atoms with E-state index in [1.807, 2.05) is 6.92 Å². The lowest BCUT2D eigenvalue weighted by atomic mass is 10.1. The number of hydrogen-bond donors (Lipinski definition) is 2. The summed E-state index contributed by atoms with van der Waals surface area (Å²) in [6.45, 7) is 3.73. The number of aliphatic carboxylic acids is 1. The second-order valence-corrected chi connectivity index (χ2v) is 4.19. The third-order valence-corrected chi connectivity index (χ3v) is 2.47. The summed E-state index contributed by atoms with van der Waals surface area (Å²) in [5.74, 6) is 0.0801. The molecule has 94 valence electrons. The van der Waals surface area contributed by atoms with E-state index in [-0.39, 0.29) is 0 Å². The van der Waals surface area contributed by atoms with Crippen molar-refractivity contribution in [3.8, 4) is 0 Å². The molecule has 2 N–H and O–H groups in total. The van der Waals surface area contributed by atoms with Crippen molar-refractivity contribution in [1.82, 2.24) is 9.97 Å². The number of nitrogens with one attached hydrogen (secondary N) is 1. The molecular formula is C11H16ClN3O2. The predicted molar refractivity (Wildman–Crippen MR) is 66.4 cm³/mol. The Morgan fingerprint density at radius 3 is 2.82 bits per heavy atom. The summed E-state index contributed by atoms with van der Waals surface area (Å²) in [6, 6.07) is 0.886. The van der Waals surface area contributed by atoms with Crippen LogP contribution in [0.2, 0.25) is 5.15 Å².